The number of sulfonamides is 1. The topological polar surface area (TPSA) is 93.5 Å². The Bertz CT molecular complexity index is 851. The van der Waals surface area contributed by atoms with E-state index in [-0.39, 0.29) is 18.4 Å². The molecule has 0 aromatic heterocycles. The predicted molar refractivity (Wildman–Crippen MR) is 113 cm³/mol. The maximum atomic E-state index is 12.9. The van der Waals surface area contributed by atoms with Gasteiger partial charge in [-0.15, -0.1) is 0 Å². The van der Waals surface area contributed by atoms with E-state index in [9.17, 15) is 18.5 Å². The fourth-order valence-corrected chi connectivity index (χ4v) is 4.56. The van der Waals surface area contributed by atoms with Gasteiger partial charge in [-0.2, -0.15) is 9.57 Å². The third kappa shape index (κ3) is 5.56. The molecule has 1 aliphatic heterocycles. The van der Waals surface area contributed by atoms with Crippen LogP contribution in [0, 0.1) is 17.2 Å². The van der Waals surface area contributed by atoms with Crippen LogP contribution < -0.4 is 5.32 Å². The zero-order valence-electron chi connectivity index (χ0n) is 18.0. The summed E-state index contributed by atoms with van der Waals surface area (Å²) < 4.78 is 27.3. The van der Waals surface area contributed by atoms with E-state index in [1.54, 1.807) is 19.1 Å². The van der Waals surface area contributed by atoms with Gasteiger partial charge in [0.25, 0.3) is 0 Å². The zero-order chi connectivity index (χ0) is 21.8. The normalized spacial score (nSPS) is 18.4. The molecule has 1 aromatic rings. The standard InChI is InChI=1S/C21H32N4O3S/c1-16(2)18-6-8-19(9-7-18)29(27,28)25-12-10-24(11-13-25)14-20(26)23-21(5,15-22)17(3)4/h6-9,16-17H,10-14H2,1-5H3,(H,23,26)/t21-/m0/s1. The highest BCUT2D eigenvalue weighted by Gasteiger charge is 2.32. The van der Waals surface area contributed by atoms with E-state index in [1.165, 1.54) is 4.31 Å². The lowest BCUT2D eigenvalue weighted by atomic mass is 9.90. The highest BCUT2D eigenvalue weighted by Crippen LogP contribution is 2.21. The van der Waals surface area contributed by atoms with Gasteiger partial charge in [0.05, 0.1) is 17.5 Å². The Morgan fingerprint density at radius 2 is 1.69 bits per heavy atom. The average molecular weight is 421 g/mol. The predicted octanol–water partition coefficient (Wildman–Crippen LogP) is 2.17. The van der Waals surface area contributed by atoms with E-state index in [4.69, 9.17) is 0 Å². The molecule has 8 heteroatoms. The number of piperazine rings is 1. The zero-order valence-corrected chi connectivity index (χ0v) is 18.8. The molecule has 160 valence electrons. The molecular formula is C21H32N4O3S. The van der Waals surface area contributed by atoms with Crippen molar-refractivity contribution in [2.24, 2.45) is 5.92 Å². The van der Waals surface area contributed by atoms with Crippen molar-refractivity contribution in [3.05, 3.63) is 29.8 Å². The Morgan fingerprint density at radius 3 is 2.14 bits per heavy atom. The number of hydrogen-bond donors (Lipinski definition) is 1. The Hall–Kier alpha value is -1.95. The second-order valence-corrected chi connectivity index (χ2v) is 10.4. The molecule has 0 aliphatic carbocycles. The van der Waals surface area contributed by atoms with Crippen LogP contribution >= 0.6 is 0 Å². The number of nitriles is 1. The van der Waals surface area contributed by atoms with E-state index in [0.29, 0.717) is 37.0 Å². The summed E-state index contributed by atoms with van der Waals surface area (Å²) in [4.78, 5) is 14.6. The molecule has 1 amide bonds. The van der Waals surface area contributed by atoms with Crippen LogP contribution in [0.15, 0.2) is 29.2 Å². The van der Waals surface area contributed by atoms with E-state index in [0.717, 1.165) is 5.56 Å². The summed E-state index contributed by atoms with van der Waals surface area (Å²) in [6.45, 7) is 11.4. The SMILES string of the molecule is CC(C)c1ccc(S(=O)(=O)N2CCN(CC(=O)N[C@@](C)(C#N)C(C)C)CC2)cc1. The van der Waals surface area contributed by atoms with E-state index in [2.05, 4.69) is 25.2 Å². The smallest absolute Gasteiger partial charge is 0.243 e. The quantitative estimate of drug-likeness (QED) is 0.730. The maximum Gasteiger partial charge on any atom is 0.243 e. The number of nitrogens with one attached hydrogen (secondary N) is 1. The van der Waals surface area contributed by atoms with Gasteiger partial charge >= 0.3 is 0 Å². The molecule has 7 nitrogen and oxygen atoms in total. The molecule has 1 saturated heterocycles. The summed E-state index contributed by atoms with van der Waals surface area (Å²) in [5, 5.41) is 12.1. The molecule has 1 atom stereocenters. The first-order chi connectivity index (χ1) is 13.5. The van der Waals surface area contributed by atoms with Gasteiger partial charge in [-0.25, -0.2) is 8.42 Å². The fraction of sp³-hybridized carbons (Fsp3) is 0.619. The summed E-state index contributed by atoms with van der Waals surface area (Å²) >= 11 is 0. The Kier molecular flexibility index (Phi) is 7.44. The minimum Gasteiger partial charge on any atom is -0.337 e. The van der Waals surface area contributed by atoms with Crippen molar-refractivity contribution in [1.82, 2.24) is 14.5 Å². The first-order valence-electron chi connectivity index (χ1n) is 10.0. The third-order valence-electron chi connectivity index (χ3n) is 5.67. The highest BCUT2D eigenvalue weighted by atomic mass is 32.2. The Balaban J connectivity index is 1.94. The summed E-state index contributed by atoms with van der Waals surface area (Å²) in [6, 6.07) is 9.22. The van der Waals surface area contributed by atoms with Crippen LogP contribution in [0.4, 0.5) is 0 Å². The van der Waals surface area contributed by atoms with Crippen LogP contribution in [0.5, 0.6) is 0 Å². The molecule has 0 bridgehead atoms. The monoisotopic (exact) mass is 420 g/mol. The van der Waals surface area contributed by atoms with Gasteiger partial charge in [-0.1, -0.05) is 39.8 Å². The van der Waals surface area contributed by atoms with Crippen molar-refractivity contribution in [2.45, 2.75) is 51.0 Å². The number of nitrogens with zero attached hydrogens (tertiary/aromatic N) is 3. The number of amides is 1. The summed E-state index contributed by atoms with van der Waals surface area (Å²) in [5.41, 5.74) is 0.190. The molecule has 0 spiro atoms. The molecule has 2 rings (SSSR count). The van der Waals surface area contributed by atoms with Crippen LogP contribution in [0.25, 0.3) is 0 Å². The molecule has 1 aliphatic rings. The third-order valence-corrected chi connectivity index (χ3v) is 7.58. The second-order valence-electron chi connectivity index (χ2n) is 8.42. The average Bonchev–Trinajstić information content (AvgIpc) is 2.68. The molecule has 1 fully saturated rings. The van der Waals surface area contributed by atoms with Crippen LogP contribution in [0.3, 0.4) is 0 Å². The molecule has 1 aromatic carbocycles. The van der Waals surface area contributed by atoms with Crippen LogP contribution in [0.1, 0.15) is 46.1 Å². The largest absolute Gasteiger partial charge is 0.337 e. The van der Waals surface area contributed by atoms with Gasteiger partial charge in [-0.05, 0) is 36.5 Å². The van der Waals surface area contributed by atoms with Gasteiger partial charge in [0, 0.05) is 26.2 Å². The maximum absolute atomic E-state index is 12.9. The van der Waals surface area contributed by atoms with Crippen molar-refractivity contribution in [1.29, 1.82) is 5.26 Å². The minimum atomic E-state index is -3.54. The van der Waals surface area contributed by atoms with Crippen molar-refractivity contribution in [3.8, 4) is 6.07 Å². The summed E-state index contributed by atoms with van der Waals surface area (Å²) in [7, 11) is -3.54. The molecular weight excluding hydrogens is 388 g/mol. The van der Waals surface area contributed by atoms with Crippen LogP contribution in [0.2, 0.25) is 0 Å². The molecule has 0 radical (unpaired) electrons. The molecule has 1 heterocycles. The van der Waals surface area contributed by atoms with Gasteiger partial charge < -0.3 is 5.32 Å². The van der Waals surface area contributed by atoms with Gasteiger partial charge in [0.15, 0.2) is 0 Å². The number of benzene rings is 1. The van der Waals surface area contributed by atoms with E-state index in [1.807, 2.05) is 30.9 Å². The molecule has 0 unspecified atom stereocenters. The first-order valence-corrected chi connectivity index (χ1v) is 11.5. The molecule has 29 heavy (non-hydrogen) atoms. The molecule has 1 N–H and O–H groups in total. The highest BCUT2D eigenvalue weighted by molar-refractivity contribution is 7.89. The number of hydrogen-bond acceptors (Lipinski definition) is 5. The van der Waals surface area contributed by atoms with E-state index < -0.39 is 15.6 Å². The van der Waals surface area contributed by atoms with Crippen LogP contribution in [-0.2, 0) is 14.8 Å². The van der Waals surface area contributed by atoms with Gasteiger partial charge in [0.2, 0.25) is 15.9 Å². The number of carbonyl (C=O) groups excluding carboxylic acids is 1. The Morgan fingerprint density at radius 1 is 1.14 bits per heavy atom. The lowest BCUT2D eigenvalue weighted by molar-refractivity contribution is -0.124. The second kappa shape index (κ2) is 9.24. The Labute approximate surface area is 174 Å². The van der Waals surface area contributed by atoms with Gasteiger partial charge in [-0.3, -0.25) is 9.69 Å². The van der Waals surface area contributed by atoms with Crippen LogP contribution in [-0.4, -0.2) is 61.8 Å². The summed E-state index contributed by atoms with van der Waals surface area (Å²) in [5.74, 6) is 0.115. The number of carbonyl (C=O) groups is 1. The number of rotatable bonds is 7. The first kappa shape index (κ1) is 23.3. The summed E-state index contributed by atoms with van der Waals surface area (Å²) in [6.07, 6.45) is 0. The van der Waals surface area contributed by atoms with Crippen molar-refractivity contribution < 1.29 is 13.2 Å². The molecule has 0 saturated carbocycles. The van der Waals surface area contributed by atoms with Crippen molar-refractivity contribution in [2.75, 3.05) is 32.7 Å². The lowest BCUT2D eigenvalue weighted by Gasteiger charge is -2.34. The minimum absolute atomic E-state index is 0.0134. The van der Waals surface area contributed by atoms with Gasteiger partial charge in [0.1, 0.15) is 5.54 Å². The fourth-order valence-electron chi connectivity index (χ4n) is 3.14. The van der Waals surface area contributed by atoms with Crippen molar-refractivity contribution >= 4 is 15.9 Å². The van der Waals surface area contributed by atoms with Crippen molar-refractivity contribution in [3.63, 3.8) is 0 Å². The lowest BCUT2D eigenvalue weighted by Crippen LogP contribution is -2.55. The van der Waals surface area contributed by atoms with E-state index >= 15 is 0 Å².